The van der Waals surface area contributed by atoms with E-state index in [9.17, 15) is 4.79 Å². The van der Waals surface area contributed by atoms with Gasteiger partial charge in [-0.1, -0.05) is 44.2 Å². The van der Waals surface area contributed by atoms with Crippen LogP contribution >= 0.6 is 0 Å². The normalized spacial score (nSPS) is 28.5. The van der Waals surface area contributed by atoms with Gasteiger partial charge in [0.25, 0.3) is 0 Å². The highest BCUT2D eigenvalue weighted by Gasteiger charge is 2.37. The van der Waals surface area contributed by atoms with Gasteiger partial charge in [0.2, 0.25) is 0 Å². The molecule has 0 radical (unpaired) electrons. The van der Waals surface area contributed by atoms with Crippen molar-refractivity contribution in [3.8, 4) is 0 Å². The predicted octanol–water partition coefficient (Wildman–Crippen LogP) is 3.50. The molecule has 1 aliphatic heterocycles. The summed E-state index contributed by atoms with van der Waals surface area (Å²) in [5.74, 6) is -0.328. The van der Waals surface area contributed by atoms with Gasteiger partial charge in [0.1, 0.15) is 0 Å². The quantitative estimate of drug-likeness (QED) is 0.837. The number of hydrogen-bond donors (Lipinski definition) is 1. The average molecular weight is 306 g/mol. The Morgan fingerprint density at radius 3 is 2.73 bits per heavy atom. The zero-order valence-corrected chi connectivity index (χ0v) is 13.4. The summed E-state index contributed by atoms with van der Waals surface area (Å²) in [5, 5.41) is 8.92. The van der Waals surface area contributed by atoms with Crippen LogP contribution in [0.15, 0.2) is 30.3 Å². The lowest BCUT2D eigenvalue weighted by atomic mass is 9.82. The van der Waals surface area contributed by atoms with Crippen molar-refractivity contribution in [3.63, 3.8) is 0 Å². The van der Waals surface area contributed by atoms with Gasteiger partial charge in [0, 0.05) is 18.3 Å². The first-order chi connectivity index (χ1) is 10.6. The van der Waals surface area contributed by atoms with Crippen LogP contribution in [0, 0.1) is 11.8 Å². The topological polar surface area (TPSA) is 55.8 Å². The third-order valence-corrected chi connectivity index (χ3v) is 4.51. The smallest absolute Gasteiger partial charge is 0.303 e. The lowest BCUT2D eigenvalue weighted by Gasteiger charge is -2.41. The van der Waals surface area contributed by atoms with Gasteiger partial charge in [-0.3, -0.25) is 4.79 Å². The second kappa shape index (κ2) is 8.30. The number of carboxylic acid groups (broad SMARTS) is 1. The standard InChI is InChI=1S/C18H26O4/c1-3-16-13(2)18(15(12-21-16)9-10-17(19)20)22-11-14-7-5-4-6-8-14/h4-8,13,15-16,18H,3,9-12H2,1-2H3,(H,19,20)/t13-,15+,16+,18-/m0/s1. The summed E-state index contributed by atoms with van der Waals surface area (Å²) in [6.45, 7) is 5.43. The van der Waals surface area contributed by atoms with Crippen molar-refractivity contribution in [2.75, 3.05) is 6.61 Å². The maximum absolute atomic E-state index is 10.8. The lowest BCUT2D eigenvalue weighted by molar-refractivity contribution is -0.156. The Labute approximate surface area is 132 Å². The second-order valence-corrected chi connectivity index (χ2v) is 6.09. The van der Waals surface area contributed by atoms with Crippen LogP contribution in [0.3, 0.4) is 0 Å². The van der Waals surface area contributed by atoms with E-state index in [4.69, 9.17) is 14.6 Å². The Bertz CT molecular complexity index is 459. The number of benzene rings is 1. The van der Waals surface area contributed by atoms with Gasteiger partial charge < -0.3 is 14.6 Å². The number of hydrogen-bond acceptors (Lipinski definition) is 3. The molecule has 1 aliphatic rings. The maximum Gasteiger partial charge on any atom is 0.303 e. The minimum Gasteiger partial charge on any atom is -0.481 e. The molecule has 0 bridgehead atoms. The number of carbonyl (C=O) groups is 1. The van der Waals surface area contributed by atoms with Gasteiger partial charge in [-0.25, -0.2) is 0 Å². The molecule has 4 atom stereocenters. The molecule has 0 aromatic heterocycles. The maximum atomic E-state index is 10.8. The van der Waals surface area contributed by atoms with Crippen LogP contribution in [0.1, 0.15) is 38.7 Å². The number of rotatable bonds is 7. The van der Waals surface area contributed by atoms with E-state index in [1.165, 1.54) is 0 Å². The molecule has 1 aromatic rings. The van der Waals surface area contributed by atoms with Crippen LogP contribution in [0.4, 0.5) is 0 Å². The second-order valence-electron chi connectivity index (χ2n) is 6.09. The monoisotopic (exact) mass is 306 g/mol. The van der Waals surface area contributed by atoms with E-state index in [1.54, 1.807) is 0 Å². The molecule has 1 saturated heterocycles. The van der Waals surface area contributed by atoms with Crippen molar-refractivity contribution in [3.05, 3.63) is 35.9 Å². The molecule has 2 rings (SSSR count). The summed E-state index contributed by atoms with van der Waals surface area (Å²) < 4.78 is 12.1. The van der Waals surface area contributed by atoms with Crippen LogP contribution in [-0.2, 0) is 20.9 Å². The number of carboxylic acids is 1. The molecule has 4 heteroatoms. The molecule has 1 N–H and O–H groups in total. The summed E-state index contributed by atoms with van der Waals surface area (Å²) in [6.07, 6.45) is 1.98. The van der Waals surface area contributed by atoms with Crippen LogP contribution in [0.2, 0.25) is 0 Å². The molecule has 22 heavy (non-hydrogen) atoms. The van der Waals surface area contributed by atoms with Crippen molar-refractivity contribution in [1.29, 1.82) is 0 Å². The van der Waals surface area contributed by atoms with Gasteiger partial charge in [0.15, 0.2) is 0 Å². The number of aliphatic carboxylic acids is 1. The molecule has 0 spiro atoms. The Kier molecular flexibility index (Phi) is 6.40. The summed E-state index contributed by atoms with van der Waals surface area (Å²) in [7, 11) is 0. The highest BCUT2D eigenvalue weighted by atomic mass is 16.5. The minimum absolute atomic E-state index is 0.0539. The molecule has 1 fully saturated rings. The van der Waals surface area contributed by atoms with Crippen molar-refractivity contribution in [1.82, 2.24) is 0 Å². The Morgan fingerprint density at radius 2 is 2.09 bits per heavy atom. The van der Waals surface area contributed by atoms with Gasteiger partial charge in [0.05, 0.1) is 25.4 Å². The SMILES string of the molecule is CC[C@H]1OC[C@@H](CCC(=O)O)[C@@H](OCc2ccccc2)[C@H]1C. The van der Waals surface area contributed by atoms with E-state index in [1.807, 2.05) is 30.3 Å². The van der Waals surface area contributed by atoms with Crippen LogP contribution in [0.5, 0.6) is 0 Å². The summed E-state index contributed by atoms with van der Waals surface area (Å²) in [6, 6.07) is 10.1. The summed E-state index contributed by atoms with van der Waals surface area (Å²) in [4.78, 5) is 10.8. The molecule has 0 saturated carbocycles. The van der Waals surface area contributed by atoms with Crippen molar-refractivity contribution in [2.45, 2.75) is 51.9 Å². The van der Waals surface area contributed by atoms with E-state index >= 15 is 0 Å². The first kappa shape index (κ1) is 17.0. The van der Waals surface area contributed by atoms with Crippen molar-refractivity contribution >= 4 is 5.97 Å². The third-order valence-electron chi connectivity index (χ3n) is 4.51. The van der Waals surface area contributed by atoms with E-state index in [0.717, 1.165) is 12.0 Å². The molecular weight excluding hydrogens is 280 g/mol. The Hall–Kier alpha value is -1.39. The summed E-state index contributed by atoms with van der Waals surface area (Å²) in [5.41, 5.74) is 1.14. The average Bonchev–Trinajstić information content (AvgIpc) is 2.53. The molecule has 0 amide bonds. The van der Waals surface area contributed by atoms with Gasteiger partial charge in [-0.15, -0.1) is 0 Å². The van der Waals surface area contributed by atoms with Gasteiger partial charge in [-0.05, 0) is 18.4 Å². The zero-order valence-electron chi connectivity index (χ0n) is 13.4. The van der Waals surface area contributed by atoms with Crippen LogP contribution in [0.25, 0.3) is 0 Å². The molecular formula is C18H26O4. The first-order valence-electron chi connectivity index (χ1n) is 8.10. The highest BCUT2D eigenvalue weighted by Crippen LogP contribution is 2.32. The van der Waals surface area contributed by atoms with E-state index < -0.39 is 5.97 Å². The molecule has 0 aliphatic carbocycles. The molecule has 1 heterocycles. The van der Waals surface area contributed by atoms with Crippen LogP contribution < -0.4 is 0 Å². The van der Waals surface area contributed by atoms with E-state index in [-0.39, 0.29) is 30.5 Å². The molecule has 4 nitrogen and oxygen atoms in total. The third kappa shape index (κ3) is 4.55. The van der Waals surface area contributed by atoms with E-state index in [0.29, 0.717) is 19.6 Å². The fourth-order valence-corrected chi connectivity index (χ4v) is 3.24. The Morgan fingerprint density at radius 1 is 1.36 bits per heavy atom. The van der Waals surface area contributed by atoms with Crippen molar-refractivity contribution in [2.24, 2.45) is 11.8 Å². The summed E-state index contributed by atoms with van der Waals surface area (Å²) >= 11 is 0. The van der Waals surface area contributed by atoms with Crippen LogP contribution in [-0.4, -0.2) is 29.9 Å². The van der Waals surface area contributed by atoms with Crippen molar-refractivity contribution < 1.29 is 19.4 Å². The lowest BCUT2D eigenvalue weighted by Crippen LogP contribution is -2.46. The van der Waals surface area contributed by atoms with Gasteiger partial charge in [-0.2, -0.15) is 0 Å². The fourth-order valence-electron chi connectivity index (χ4n) is 3.24. The largest absolute Gasteiger partial charge is 0.481 e. The highest BCUT2D eigenvalue weighted by molar-refractivity contribution is 5.66. The minimum atomic E-state index is -0.757. The molecule has 1 aromatic carbocycles. The molecule has 0 unspecified atom stereocenters. The number of ether oxygens (including phenoxy) is 2. The Balaban J connectivity index is 2.00. The van der Waals surface area contributed by atoms with Gasteiger partial charge >= 0.3 is 5.97 Å². The zero-order chi connectivity index (χ0) is 15.9. The molecule has 122 valence electrons. The first-order valence-corrected chi connectivity index (χ1v) is 8.10. The van der Waals surface area contributed by atoms with E-state index in [2.05, 4.69) is 13.8 Å². The predicted molar refractivity (Wildman–Crippen MR) is 84.6 cm³/mol. The fraction of sp³-hybridized carbons (Fsp3) is 0.611.